The molecule has 110 valence electrons. The van der Waals surface area contributed by atoms with E-state index in [0.29, 0.717) is 19.5 Å². The molecule has 0 aromatic rings. The molecule has 0 saturated carbocycles. The van der Waals surface area contributed by atoms with Crippen molar-refractivity contribution in [3.63, 3.8) is 0 Å². The monoisotopic (exact) mass is 308 g/mol. The van der Waals surface area contributed by atoms with E-state index in [1.54, 1.807) is 13.2 Å². The first kappa shape index (κ1) is 18.1. The SMILES string of the molecule is CCC(=O)CCS(=O)CC(=O)NCCNC(=O)SC. The number of ketones is 1. The van der Waals surface area contributed by atoms with Gasteiger partial charge in [-0.3, -0.25) is 18.6 Å². The van der Waals surface area contributed by atoms with Gasteiger partial charge in [0.05, 0.1) is 0 Å². The second kappa shape index (κ2) is 11.0. The minimum atomic E-state index is -1.31. The molecule has 1 unspecified atom stereocenters. The fraction of sp³-hybridized carbons (Fsp3) is 0.727. The van der Waals surface area contributed by atoms with Gasteiger partial charge >= 0.3 is 0 Å². The van der Waals surface area contributed by atoms with Crippen molar-refractivity contribution in [1.29, 1.82) is 0 Å². The smallest absolute Gasteiger partial charge is 0.278 e. The normalized spacial score (nSPS) is 11.7. The van der Waals surface area contributed by atoms with Gasteiger partial charge in [0.2, 0.25) is 5.91 Å². The molecule has 0 bridgehead atoms. The molecule has 0 rings (SSSR count). The maximum atomic E-state index is 11.5. The molecule has 0 spiro atoms. The average Bonchev–Trinajstić information content (AvgIpc) is 2.40. The van der Waals surface area contributed by atoms with E-state index in [-0.39, 0.29) is 34.9 Å². The quantitative estimate of drug-likeness (QED) is 0.597. The van der Waals surface area contributed by atoms with Crippen molar-refractivity contribution in [2.45, 2.75) is 19.8 Å². The second-order valence-electron chi connectivity index (χ2n) is 3.70. The van der Waals surface area contributed by atoms with Gasteiger partial charge in [-0.2, -0.15) is 0 Å². The first-order valence-electron chi connectivity index (χ1n) is 5.94. The summed E-state index contributed by atoms with van der Waals surface area (Å²) in [5.74, 6) is -0.161. The number of hydrogen-bond acceptors (Lipinski definition) is 5. The lowest BCUT2D eigenvalue weighted by molar-refractivity contribution is -0.119. The molecule has 6 nitrogen and oxygen atoms in total. The van der Waals surface area contributed by atoms with E-state index in [1.807, 2.05) is 0 Å². The third kappa shape index (κ3) is 10.7. The van der Waals surface area contributed by atoms with E-state index in [0.717, 1.165) is 11.8 Å². The zero-order valence-corrected chi connectivity index (χ0v) is 12.8. The summed E-state index contributed by atoms with van der Waals surface area (Å²) < 4.78 is 11.5. The summed E-state index contributed by atoms with van der Waals surface area (Å²) in [4.78, 5) is 33.3. The van der Waals surface area contributed by atoms with Crippen molar-refractivity contribution in [2.24, 2.45) is 0 Å². The second-order valence-corrected chi connectivity index (χ2v) is 6.05. The third-order valence-electron chi connectivity index (χ3n) is 2.20. The number of carbonyl (C=O) groups excluding carboxylic acids is 3. The van der Waals surface area contributed by atoms with Crippen LogP contribution in [0.15, 0.2) is 0 Å². The van der Waals surface area contributed by atoms with Crippen LogP contribution < -0.4 is 10.6 Å². The number of thioether (sulfide) groups is 1. The van der Waals surface area contributed by atoms with Crippen LogP contribution >= 0.6 is 11.8 Å². The third-order valence-corrected chi connectivity index (χ3v) is 3.96. The summed E-state index contributed by atoms with van der Waals surface area (Å²) in [6.45, 7) is 2.39. The lowest BCUT2D eigenvalue weighted by atomic mass is 10.2. The minimum absolute atomic E-state index is 0.0496. The Morgan fingerprint density at radius 1 is 1.16 bits per heavy atom. The maximum Gasteiger partial charge on any atom is 0.278 e. The first-order valence-corrected chi connectivity index (χ1v) is 8.66. The van der Waals surface area contributed by atoms with Crippen LogP contribution in [0, 0.1) is 0 Å². The van der Waals surface area contributed by atoms with E-state index in [9.17, 15) is 18.6 Å². The topological polar surface area (TPSA) is 92.3 Å². The highest BCUT2D eigenvalue weighted by Gasteiger charge is 2.09. The van der Waals surface area contributed by atoms with E-state index in [1.165, 1.54) is 0 Å². The Balaban J connectivity index is 3.65. The summed E-state index contributed by atoms with van der Waals surface area (Å²) in [5.41, 5.74) is 0. The highest BCUT2D eigenvalue weighted by atomic mass is 32.2. The molecule has 1 atom stereocenters. The summed E-state index contributed by atoms with van der Waals surface area (Å²) in [7, 11) is -1.31. The zero-order chi connectivity index (χ0) is 14.7. The van der Waals surface area contributed by atoms with Crippen molar-refractivity contribution in [3.8, 4) is 0 Å². The molecule has 0 aliphatic carbocycles. The molecule has 0 radical (unpaired) electrons. The number of rotatable bonds is 9. The molecule has 2 N–H and O–H groups in total. The van der Waals surface area contributed by atoms with Gasteiger partial charge in [0, 0.05) is 42.5 Å². The molecule has 0 aliphatic heterocycles. The molecule has 0 aromatic carbocycles. The van der Waals surface area contributed by atoms with Crippen LogP contribution in [0.2, 0.25) is 0 Å². The zero-order valence-electron chi connectivity index (χ0n) is 11.2. The molecule has 0 fully saturated rings. The average molecular weight is 308 g/mol. The Bertz CT molecular complexity index is 348. The number of hydrogen-bond donors (Lipinski definition) is 2. The van der Waals surface area contributed by atoms with Crippen LogP contribution in [-0.2, 0) is 20.4 Å². The van der Waals surface area contributed by atoms with E-state index in [4.69, 9.17) is 0 Å². The van der Waals surface area contributed by atoms with Gasteiger partial charge in [-0.25, -0.2) is 0 Å². The molecule has 2 amide bonds. The van der Waals surface area contributed by atoms with Crippen molar-refractivity contribution in [3.05, 3.63) is 0 Å². The summed E-state index contributed by atoms with van der Waals surface area (Å²) in [5, 5.41) is 4.97. The fourth-order valence-corrected chi connectivity index (χ4v) is 2.35. The Hall–Kier alpha value is -0.890. The Kier molecular flexibility index (Phi) is 10.5. The molecule has 19 heavy (non-hydrogen) atoms. The molecule has 0 saturated heterocycles. The van der Waals surface area contributed by atoms with Crippen molar-refractivity contribution < 1.29 is 18.6 Å². The maximum absolute atomic E-state index is 11.5. The lowest BCUT2D eigenvalue weighted by Crippen LogP contribution is -2.35. The van der Waals surface area contributed by atoms with Crippen molar-refractivity contribution >= 4 is 39.5 Å². The van der Waals surface area contributed by atoms with Gasteiger partial charge < -0.3 is 10.6 Å². The van der Waals surface area contributed by atoms with Crippen LogP contribution in [0.1, 0.15) is 19.8 Å². The Morgan fingerprint density at radius 2 is 1.79 bits per heavy atom. The van der Waals surface area contributed by atoms with Gasteiger partial charge in [0.1, 0.15) is 11.5 Å². The van der Waals surface area contributed by atoms with Crippen molar-refractivity contribution in [1.82, 2.24) is 10.6 Å². The predicted octanol–water partition coefficient (Wildman–Crippen LogP) is 0.293. The van der Waals surface area contributed by atoms with Gasteiger partial charge in [-0.05, 0) is 6.26 Å². The summed E-state index contributed by atoms with van der Waals surface area (Å²) in [6.07, 6.45) is 2.34. The largest absolute Gasteiger partial charge is 0.354 e. The van der Waals surface area contributed by atoms with Gasteiger partial charge in [0.15, 0.2) is 0 Å². The number of carbonyl (C=O) groups is 3. The Labute approximate surface area is 119 Å². The first-order chi connectivity index (χ1) is 8.99. The number of Topliss-reactive ketones (excluding diaryl/α,β-unsaturated/α-hetero) is 1. The fourth-order valence-electron chi connectivity index (χ4n) is 1.11. The van der Waals surface area contributed by atoms with E-state index < -0.39 is 10.8 Å². The van der Waals surface area contributed by atoms with Gasteiger partial charge in [-0.1, -0.05) is 18.7 Å². The van der Waals surface area contributed by atoms with E-state index >= 15 is 0 Å². The molecular formula is C11H20N2O4S2. The minimum Gasteiger partial charge on any atom is -0.354 e. The van der Waals surface area contributed by atoms with E-state index in [2.05, 4.69) is 10.6 Å². The van der Waals surface area contributed by atoms with Crippen molar-refractivity contribution in [2.75, 3.05) is 30.9 Å². The van der Waals surface area contributed by atoms with Gasteiger partial charge in [0.25, 0.3) is 5.24 Å². The van der Waals surface area contributed by atoms with Crippen LogP contribution in [-0.4, -0.2) is 52.0 Å². The lowest BCUT2D eigenvalue weighted by Gasteiger charge is -2.06. The predicted molar refractivity (Wildman–Crippen MR) is 77.7 cm³/mol. The standard InChI is InChI=1S/C11H20N2O4S2/c1-3-9(14)4-7-19(17)8-10(15)12-5-6-13-11(16)18-2/h3-8H2,1-2H3,(H,12,15)(H,13,16). The van der Waals surface area contributed by atoms with Crippen LogP contribution in [0.4, 0.5) is 4.79 Å². The number of nitrogens with one attached hydrogen (secondary N) is 2. The highest BCUT2D eigenvalue weighted by Crippen LogP contribution is 1.93. The molecule has 0 aliphatic rings. The Morgan fingerprint density at radius 3 is 2.37 bits per heavy atom. The summed E-state index contributed by atoms with van der Waals surface area (Å²) >= 11 is 1.06. The van der Waals surface area contributed by atoms with Crippen LogP contribution in [0.3, 0.4) is 0 Å². The van der Waals surface area contributed by atoms with Crippen LogP contribution in [0.25, 0.3) is 0 Å². The van der Waals surface area contributed by atoms with Crippen LogP contribution in [0.5, 0.6) is 0 Å². The summed E-state index contributed by atoms with van der Waals surface area (Å²) in [6, 6.07) is 0. The molecule has 0 aromatic heterocycles. The molecule has 8 heteroatoms. The highest BCUT2D eigenvalue weighted by molar-refractivity contribution is 8.12. The molecular weight excluding hydrogens is 288 g/mol. The molecule has 0 heterocycles. The number of amides is 2. The van der Waals surface area contributed by atoms with Gasteiger partial charge in [-0.15, -0.1) is 0 Å².